The summed E-state index contributed by atoms with van der Waals surface area (Å²) in [5.74, 6) is -2.48. The van der Waals surface area contributed by atoms with Crippen molar-refractivity contribution < 1.29 is 14.4 Å². The topological polar surface area (TPSA) is 70.1 Å². The third-order valence-electron chi connectivity index (χ3n) is 6.98. The molecule has 0 N–H and O–H groups in total. The summed E-state index contributed by atoms with van der Waals surface area (Å²) >= 11 is 6.02. The van der Waals surface area contributed by atoms with E-state index in [1.54, 1.807) is 47.6 Å². The summed E-state index contributed by atoms with van der Waals surface area (Å²) in [6, 6.07) is 20.1. The van der Waals surface area contributed by atoms with Crippen LogP contribution in [-0.2, 0) is 9.59 Å². The minimum absolute atomic E-state index is 0.252. The van der Waals surface area contributed by atoms with Crippen LogP contribution in [0, 0.1) is 18.8 Å². The van der Waals surface area contributed by atoms with Crippen molar-refractivity contribution >= 4 is 41.1 Å². The van der Waals surface area contributed by atoms with Crippen LogP contribution < -0.4 is 4.90 Å². The normalized spacial score (nSPS) is 24.8. The van der Waals surface area contributed by atoms with Gasteiger partial charge in [0, 0.05) is 10.6 Å². The van der Waals surface area contributed by atoms with Gasteiger partial charge in [-0.15, -0.1) is 0 Å². The first-order chi connectivity index (χ1) is 16.5. The zero-order valence-corrected chi connectivity index (χ0v) is 19.0. The maximum absolute atomic E-state index is 13.8. The minimum Gasteiger partial charge on any atom is -0.292 e. The van der Waals surface area contributed by atoms with Gasteiger partial charge in [-0.3, -0.25) is 19.4 Å². The Morgan fingerprint density at radius 2 is 1.56 bits per heavy atom. The maximum atomic E-state index is 13.8. The first kappa shape index (κ1) is 20.8. The maximum Gasteiger partial charge on any atom is 0.240 e. The summed E-state index contributed by atoms with van der Waals surface area (Å²) in [5.41, 5.74) is 3.76. The Labute approximate surface area is 201 Å². The number of hydrogen-bond acceptors (Lipinski definition) is 5. The number of nitrogens with zero attached hydrogens (tertiary/aromatic N) is 3. The standard InChI is InChI=1S/C27H20ClN3O3/c1-15-6-12-19(13-7-15)30-26(33)21-22(27(30)34)24(25(32)16-8-10-18(28)11-9-16)31-23(21)20-5-3-2-4-17(20)14-29-31/h2-14,21-24H,1H3/t21-,22+,23+,24+/m0/s1. The van der Waals surface area contributed by atoms with Crippen molar-refractivity contribution in [3.05, 3.63) is 100 Å². The van der Waals surface area contributed by atoms with Crippen LogP contribution >= 0.6 is 11.6 Å². The van der Waals surface area contributed by atoms with Gasteiger partial charge in [0.15, 0.2) is 5.78 Å². The Bertz CT molecular complexity index is 1370. The Morgan fingerprint density at radius 1 is 0.882 bits per heavy atom. The largest absolute Gasteiger partial charge is 0.292 e. The molecule has 2 fully saturated rings. The van der Waals surface area contributed by atoms with Crippen LogP contribution in [0.25, 0.3) is 0 Å². The number of aryl methyl sites for hydroxylation is 1. The molecular weight excluding hydrogens is 450 g/mol. The Balaban J connectivity index is 1.49. The van der Waals surface area contributed by atoms with Crippen LogP contribution in [0.15, 0.2) is 77.9 Å². The van der Waals surface area contributed by atoms with E-state index >= 15 is 0 Å². The number of hydrazone groups is 1. The predicted molar refractivity (Wildman–Crippen MR) is 129 cm³/mol. The summed E-state index contributed by atoms with van der Waals surface area (Å²) < 4.78 is 0. The van der Waals surface area contributed by atoms with Gasteiger partial charge in [0.05, 0.1) is 29.8 Å². The van der Waals surface area contributed by atoms with Crippen molar-refractivity contribution in [1.82, 2.24) is 5.01 Å². The molecule has 3 aromatic carbocycles. The minimum atomic E-state index is -0.896. The molecule has 0 saturated carbocycles. The number of amides is 2. The molecule has 0 aliphatic carbocycles. The van der Waals surface area contributed by atoms with Gasteiger partial charge in [0.25, 0.3) is 0 Å². The van der Waals surface area contributed by atoms with Gasteiger partial charge >= 0.3 is 0 Å². The zero-order chi connectivity index (χ0) is 23.6. The smallest absolute Gasteiger partial charge is 0.240 e. The molecule has 3 aliphatic heterocycles. The monoisotopic (exact) mass is 469 g/mol. The summed E-state index contributed by atoms with van der Waals surface area (Å²) in [6.45, 7) is 1.95. The molecule has 0 radical (unpaired) electrons. The van der Waals surface area contributed by atoms with E-state index in [1.165, 1.54) is 4.90 Å². The molecule has 0 aromatic heterocycles. The number of Topliss-reactive ketones (excluding diaryl/α,β-unsaturated/α-hetero) is 1. The van der Waals surface area contributed by atoms with Crippen LogP contribution in [0.5, 0.6) is 0 Å². The lowest BCUT2D eigenvalue weighted by Gasteiger charge is -2.33. The van der Waals surface area contributed by atoms with E-state index in [0.717, 1.165) is 16.7 Å². The third kappa shape index (κ3) is 2.95. The van der Waals surface area contributed by atoms with Gasteiger partial charge in [-0.25, -0.2) is 4.90 Å². The molecule has 3 aromatic rings. The molecule has 0 spiro atoms. The first-order valence-corrected chi connectivity index (χ1v) is 11.5. The van der Waals surface area contributed by atoms with Crippen LogP contribution in [-0.4, -0.2) is 34.9 Å². The predicted octanol–water partition coefficient (Wildman–Crippen LogP) is 4.41. The quantitative estimate of drug-likeness (QED) is 0.421. The molecule has 6 nitrogen and oxygen atoms in total. The molecule has 3 heterocycles. The molecule has 6 rings (SSSR count). The Hall–Kier alpha value is -3.77. The number of imide groups is 1. The average Bonchev–Trinajstić information content (AvgIpc) is 3.32. The highest BCUT2D eigenvalue weighted by Crippen LogP contribution is 2.53. The van der Waals surface area contributed by atoms with E-state index in [1.807, 2.05) is 43.3 Å². The van der Waals surface area contributed by atoms with Gasteiger partial charge in [-0.1, -0.05) is 53.6 Å². The van der Waals surface area contributed by atoms with Crippen molar-refractivity contribution in [2.45, 2.75) is 19.0 Å². The molecule has 2 amide bonds. The number of ketones is 1. The highest BCUT2D eigenvalue weighted by molar-refractivity contribution is 6.30. The highest BCUT2D eigenvalue weighted by atomic mass is 35.5. The Kier molecular flexibility index (Phi) is 4.67. The van der Waals surface area contributed by atoms with Crippen molar-refractivity contribution in [1.29, 1.82) is 0 Å². The molecule has 34 heavy (non-hydrogen) atoms. The zero-order valence-electron chi connectivity index (χ0n) is 18.3. The number of halogens is 1. The van der Waals surface area contributed by atoms with E-state index in [-0.39, 0.29) is 17.6 Å². The number of rotatable bonds is 3. The summed E-state index contributed by atoms with van der Waals surface area (Å²) in [5, 5.41) is 6.76. The fraction of sp³-hybridized carbons (Fsp3) is 0.185. The van der Waals surface area contributed by atoms with Gasteiger partial charge in [0.2, 0.25) is 11.8 Å². The van der Waals surface area contributed by atoms with Gasteiger partial charge < -0.3 is 0 Å². The Morgan fingerprint density at radius 3 is 2.29 bits per heavy atom. The number of benzene rings is 3. The number of hydrogen-bond donors (Lipinski definition) is 0. The number of anilines is 1. The number of fused-ring (bicyclic) bond motifs is 5. The van der Waals surface area contributed by atoms with Crippen molar-refractivity contribution in [3.63, 3.8) is 0 Å². The molecule has 0 unspecified atom stereocenters. The van der Waals surface area contributed by atoms with Gasteiger partial charge in [0.1, 0.15) is 6.04 Å². The fourth-order valence-corrected chi connectivity index (χ4v) is 5.53. The van der Waals surface area contributed by atoms with Crippen LogP contribution in [0.3, 0.4) is 0 Å². The average molecular weight is 470 g/mol. The summed E-state index contributed by atoms with van der Waals surface area (Å²) in [6.07, 6.45) is 1.70. The van der Waals surface area contributed by atoms with Crippen LogP contribution in [0.4, 0.5) is 5.69 Å². The first-order valence-electron chi connectivity index (χ1n) is 11.1. The SMILES string of the molecule is Cc1ccc(N2C(=O)[C@@H]3[C@H](C2=O)[C@H]2c4ccccc4C=NN2[C@H]3C(=O)c2ccc(Cl)cc2)cc1. The lowest BCUT2D eigenvalue weighted by atomic mass is 9.83. The highest BCUT2D eigenvalue weighted by Gasteiger charge is 2.65. The fourth-order valence-electron chi connectivity index (χ4n) is 5.40. The third-order valence-corrected chi connectivity index (χ3v) is 7.23. The molecular formula is C27H20ClN3O3. The molecule has 7 heteroatoms. The van der Waals surface area contributed by atoms with Crippen LogP contribution in [0.1, 0.15) is 33.1 Å². The lowest BCUT2D eigenvalue weighted by Crippen LogP contribution is -2.44. The molecule has 2 saturated heterocycles. The molecule has 4 atom stereocenters. The summed E-state index contributed by atoms with van der Waals surface area (Å²) in [7, 11) is 0. The summed E-state index contributed by atoms with van der Waals surface area (Å²) in [4.78, 5) is 42.6. The van der Waals surface area contributed by atoms with Crippen molar-refractivity contribution in [2.24, 2.45) is 16.9 Å². The van der Waals surface area contributed by atoms with E-state index in [9.17, 15) is 14.4 Å². The van der Waals surface area contributed by atoms with E-state index in [2.05, 4.69) is 5.10 Å². The van der Waals surface area contributed by atoms with Crippen LogP contribution in [0.2, 0.25) is 5.02 Å². The van der Waals surface area contributed by atoms with E-state index < -0.39 is 23.9 Å². The van der Waals surface area contributed by atoms with E-state index in [4.69, 9.17) is 11.6 Å². The van der Waals surface area contributed by atoms with Gasteiger partial charge in [-0.05, 0) is 54.4 Å². The molecule has 3 aliphatic rings. The number of carbonyl (C=O) groups excluding carboxylic acids is 3. The molecule has 168 valence electrons. The van der Waals surface area contributed by atoms with Gasteiger partial charge in [-0.2, -0.15) is 5.10 Å². The lowest BCUT2D eigenvalue weighted by molar-refractivity contribution is -0.124. The van der Waals surface area contributed by atoms with Crippen molar-refractivity contribution in [3.8, 4) is 0 Å². The van der Waals surface area contributed by atoms with Crippen molar-refractivity contribution in [2.75, 3.05) is 4.90 Å². The second kappa shape index (κ2) is 7.64. The second-order valence-corrected chi connectivity index (χ2v) is 9.35. The van der Waals surface area contributed by atoms with E-state index in [0.29, 0.717) is 16.3 Å². The molecule has 0 bridgehead atoms. The number of carbonyl (C=O) groups is 3. The second-order valence-electron chi connectivity index (χ2n) is 8.91.